The number of aromatic hydroxyl groups is 1. The second kappa shape index (κ2) is 10.2. The summed E-state index contributed by atoms with van der Waals surface area (Å²) in [7, 11) is -3.71. The molecule has 1 fully saturated rings. The van der Waals surface area contributed by atoms with Gasteiger partial charge in [0.1, 0.15) is 11.5 Å². The zero-order chi connectivity index (χ0) is 18.4. The van der Waals surface area contributed by atoms with Gasteiger partial charge in [0.05, 0.1) is 31.4 Å². The molecule has 1 unspecified atom stereocenters. The summed E-state index contributed by atoms with van der Waals surface area (Å²) in [4.78, 5) is 12.4. The number of hydrogen-bond acceptors (Lipinski definition) is 8. The molecule has 0 aliphatic carbocycles. The van der Waals surface area contributed by atoms with Crippen LogP contribution in [0, 0.1) is 10.1 Å². The van der Waals surface area contributed by atoms with Crippen molar-refractivity contribution < 1.29 is 28.4 Å². The van der Waals surface area contributed by atoms with E-state index in [9.17, 15) is 19.8 Å². The van der Waals surface area contributed by atoms with Gasteiger partial charge in [-0.25, -0.2) is 0 Å². The van der Waals surface area contributed by atoms with E-state index in [2.05, 4.69) is 0 Å². The third-order valence-electron chi connectivity index (χ3n) is 3.81. The second-order valence-corrected chi connectivity index (χ2v) is 7.48. The van der Waals surface area contributed by atoms with Crippen molar-refractivity contribution in [3.05, 3.63) is 33.9 Å². The van der Waals surface area contributed by atoms with Gasteiger partial charge in [-0.3, -0.25) is 19.6 Å². The van der Waals surface area contributed by atoms with E-state index in [0.29, 0.717) is 26.3 Å². The first-order valence-electron chi connectivity index (χ1n) is 8.10. The smallest absolute Gasteiger partial charge is 0.352 e. The Labute approximate surface area is 158 Å². The van der Waals surface area contributed by atoms with E-state index in [1.807, 2.05) is 4.90 Å². The SMILES string of the molecule is CCOP(=O)(OCC)C(c1cc([N+](=O)[O-])ccc1O)N1CCOCC1.Cl. The first kappa shape index (κ1) is 22.8. The maximum absolute atomic E-state index is 13.4. The van der Waals surface area contributed by atoms with Gasteiger partial charge in [0.15, 0.2) is 0 Å². The predicted molar refractivity (Wildman–Crippen MR) is 98.0 cm³/mol. The van der Waals surface area contributed by atoms with Gasteiger partial charge in [0, 0.05) is 30.8 Å². The molecule has 148 valence electrons. The van der Waals surface area contributed by atoms with Crippen molar-refractivity contribution in [1.29, 1.82) is 0 Å². The van der Waals surface area contributed by atoms with Gasteiger partial charge in [0.2, 0.25) is 0 Å². The quantitative estimate of drug-likeness (QED) is 0.394. The zero-order valence-corrected chi connectivity index (χ0v) is 16.4. The number of ether oxygens (including phenoxy) is 1. The topological polar surface area (TPSA) is 111 Å². The van der Waals surface area contributed by atoms with Crippen LogP contribution >= 0.6 is 20.0 Å². The first-order chi connectivity index (χ1) is 11.9. The van der Waals surface area contributed by atoms with E-state index in [-0.39, 0.29) is 42.6 Å². The fourth-order valence-electron chi connectivity index (χ4n) is 2.79. The monoisotopic (exact) mass is 410 g/mol. The standard InChI is InChI=1S/C15H23N2O7P.ClH/c1-3-23-25(21,24-4-2)15(16-7-9-22-10-8-16)13-11-12(17(19)20)5-6-14(13)18;/h5-6,11,15,18H,3-4,7-10H2,1-2H3;1H. The molecule has 1 aromatic carbocycles. The fraction of sp³-hybridized carbons (Fsp3) is 0.600. The Morgan fingerprint density at radius 1 is 1.31 bits per heavy atom. The van der Waals surface area contributed by atoms with E-state index in [4.69, 9.17) is 13.8 Å². The van der Waals surface area contributed by atoms with Crippen LogP contribution in [-0.2, 0) is 18.3 Å². The first-order valence-corrected chi connectivity index (χ1v) is 9.72. The Morgan fingerprint density at radius 3 is 2.38 bits per heavy atom. The Kier molecular flexibility index (Phi) is 8.95. The van der Waals surface area contributed by atoms with Gasteiger partial charge < -0.3 is 18.9 Å². The fourth-order valence-corrected chi connectivity index (χ4v) is 5.04. The van der Waals surface area contributed by atoms with Gasteiger partial charge in [-0.1, -0.05) is 0 Å². The molecule has 1 aliphatic heterocycles. The molecule has 1 aliphatic rings. The Morgan fingerprint density at radius 2 is 1.88 bits per heavy atom. The van der Waals surface area contributed by atoms with Crippen molar-refractivity contribution in [2.45, 2.75) is 19.6 Å². The van der Waals surface area contributed by atoms with Crippen molar-refractivity contribution in [2.24, 2.45) is 0 Å². The summed E-state index contributed by atoms with van der Waals surface area (Å²) in [6.45, 7) is 5.40. The zero-order valence-electron chi connectivity index (χ0n) is 14.7. The number of morpholine rings is 1. The number of benzene rings is 1. The lowest BCUT2D eigenvalue weighted by Crippen LogP contribution is -2.39. The highest BCUT2D eigenvalue weighted by molar-refractivity contribution is 7.54. The molecule has 0 amide bonds. The molecule has 0 spiro atoms. The highest BCUT2D eigenvalue weighted by atomic mass is 35.5. The van der Waals surface area contributed by atoms with Crippen LogP contribution in [0.3, 0.4) is 0 Å². The molecule has 0 bridgehead atoms. The summed E-state index contributed by atoms with van der Waals surface area (Å²) in [5.41, 5.74) is -0.0491. The molecule has 1 saturated heterocycles. The highest BCUT2D eigenvalue weighted by Crippen LogP contribution is 2.63. The van der Waals surface area contributed by atoms with Gasteiger partial charge >= 0.3 is 7.60 Å². The van der Waals surface area contributed by atoms with E-state index in [0.717, 1.165) is 0 Å². The number of nitro benzene ring substituents is 1. The van der Waals surface area contributed by atoms with Crippen LogP contribution in [0.25, 0.3) is 0 Å². The second-order valence-electron chi connectivity index (χ2n) is 5.40. The number of rotatable bonds is 8. The lowest BCUT2D eigenvalue weighted by atomic mass is 10.1. The van der Waals surface area contributed by atoms with Crippen LogP contribution < -0.4 is 0 Å². The number of halogens is 1. The lowest BCUT2D eigenvalue weighted by Gasteiger charge is -2.37. The average Bonchev–Trinajstić information content (AvgIpc) is 2.58. The van der Waals surface area contributed by atoms with Gasteiger partial charge in [0.25, 0.3) is 5.69 Å². The molecule has 1 heterocycles. The normalized spacial score (nSPS) is 16.7. The highest BCUT2D eigenvalue weighted by Gasteiger charge is 2.43. The van der Waals surface area contributed by atoms with Crippen LogP contribution in [-0.4, -0.2) is 54.4 Å². The number of nitro groups is 1. The molecule has 1 N–H and O–H groups in total. The third kappa shape index (κ3) is 5.16. The molecule has 26 heavy (non-hydrogen) atoms. The summed E-state index contributed by atoms with van der Waals surface area (Å²) >= 11 is 0. The molecule has 1 aromatic rings. The minimum atomic E-state index is -3.71. The van der Waals surface area contributed by atoms with Crippen LogP contribution in [0.2, 0.25) is 0 Å². The van der Waals surface area contributed by atoms with E-state index in [1.54, 1.807) is 13.8 Å². The van der Waals surface area contributed by atoms with Crippen molar-refractivity contribution >= 4 is 25.7 Å². The average molecular weight is 411 g/mol. The lowest BCUT2D eigenvalue weighted by molar-refractivity contribution is -0.385. The molecular weight excluding hydrogens is 387 g/mol. The van der Waals surface area contributed by atoms with Crippen LogP contribution in [0.1, 0.15) is 25.2 Å². The maximum Gasteiger partial charge on any atom is 0.352 e. The van der Waals surface area contributed by atoms with E-state index in [1.165, 1.54) is 18.2 Å². The van der Waals surface area contributed by atoms with Gasteiger partial charge in [-0.05, 0) is 19.9 Å². The molecule has 2 rings (SSSR count). The van der Waals surface area contributed by atoms with Crippen molar-refractivity contribution in [3.8, 4) is 5.75 Å². The van der Waals surface area contributed by atoms with Gasteiger partial charge in [-0.2, -0.15) is 0 Å². The Balaban J connectivity index is 0.00000338. The summed E-state index contributed by atoms with van der Waals surface area (Å²) < 4.78 is 29.7. The Hall–Kier alpha value is -1.22. The van der Waals surface area contributed by atoms with E-state index < -0.39 is 18.3 Å². The minimum absolute atomic E-state index is 0. The third-order valence-corrected chi connectivity index (χ3v) is 6.25. The number of nitrogens with zero attached hydrogens (tertiary/aromatic N) is 2. The van der Waals surface area contributed by atoms with E-state index >= 15 is 0 Å². The summed E-state index contributed by atoms with van der Waals surface area (Å²) in [6, 6.07) is 3.64. The molecule has 11 heteroatoms. The molecular formula is C15H24ClN2O7P. The number of non-ortho nitro benzene ring substituents is 1. The molecule has 0 saturated carbocycles. The molecule has 0 radical (unpaired) electrons. The Bertz CT molecular complexity index is 645. The predicted octanol–water partition coefficient (Wildman–Crippen LogP) is 3.32. The van der Waals surface area contributed by atoms with Crippen LogP contribution in [0.4, 0.5) is 5.69 Å². The van der Waals surface area contributed by atoms with Crippen molar-refractivity contribution in [2.75, 3.05) is 39.5 Å². The van der Waals surface area contributed by atoms with Crippen LogP contribution in [0.5, 0.6) is 5.75 Å². The van der Waals surface area contributed by atoms with Crippen molar-refractivity contribution in [1.82, 2.24) is 4.90 Å². The maximum atomic E-state index is 13.4. The minimum Gasteiger partial charge on any atom is -0.508 e. The summed E-state index contributed by atoms with van der Waals surface area (Å²) in [6.07, 6.45) is 0. The van der Waals surface area contributed by atoms with Crippen molar-refractivity contribution in [3.63, 3.8) is 0 Å². The molecule has 0 aromatic heterocycles. The number of phenols is 1. The van der Waals surface area contributed by atoms with Gasteiger partial charge in [-0.15, -0.1) is 12.4 Å². The summed E-state index contributed by atoms with van der Waals surface area (Å²) in [5.74, 6) is -1.14. The molecule has 9 nitrogen and oxygen atoms in total. The summed E-state index contributed by atoms with van der Waals surface area (Å²) in [5, 5.41) is 21.4. The van der Waals surface area contributed by atoms with Crippen LogP contribution in [0.15, 0.2) is 18.2 Å². The number of hydrogen-bond donors (Lipinski definition) is 1. The number of phenolic OH excluding ortho intramolecular Hbond substituents is 1. The molecule has 1 atom stereocenters. The largest absolute Gasteiger partial charge is 0.508 e.